The van der Waals surface area contributed by atoms with Gasteiger partial charge in [0.05, 0.1) is 17.6 Å². The van der Waals surface area contributed by atoms with Crippen LogP contribution in [0.25, 0.3) is 0 Å². The van der Waals surface area contributed by atoms with Crippen LogP contribution in [0.2, 0.25) is 0 Å². The summed E-state index contributed by atoms with van der Waals surface area (Å²) < 4.78 is 45.4. The lowest BCUT2D eigenvalue weighted by molar-refractivity contribution is -0.157. The lowest BCUT2D eigenvalue weighted by Gasteiger charge is -2.36. The summed E-state index contributed by atoms with van der Waals surface area (Å²) in [4.78, 5) is 54.8. The van der Waals surface area contributed by atoms with E-state index in [1.165, 1.54) is 17.0 Å². The quantitative estimate of drug-likeness (QED) is 0.461. The summed E-state index contributed by atoms with van der Waals surface area (Å²) in [6, 6.07) is 3.21. The van der Waals surface area contributed by atoms with Gasteiger partial charge >= 0.3 is 12.1 Å². The Hall–Kier alpha value is -2.91. The highest BCUT2D eigenvalue weighted by molar-refractivity contribution is 6.11. The highest BCUT2D eigenvalue weighted by Gasteiger charge is 2.58. The molecule has 1 aromatic rings. The predicted octanol–water partition coefficient (Wildman–Crippen LogP) is 3.20. The largest absolute Gasteiger partial charge is 0.464 e. The van der Waals surface area contributed by atoms with Crippen LogP contribution in [0.1, 0.15) is 63.0 Å². The number of halogens is 3. The van der Waals surface area contributed by atoms with Gasteiger partial charge in [-0.15, -0.1) is 0 Å². The number of benzene rings is 1. The summed E-state index contributed by atoms with van der Waals surface area (Å²) in [6.45, 7) is 2.08. The molecule has 4 rings (SSSR count). The molecule has 2 saturated heterocycles. The minimum absolute atomic E-state index is 0.0122. The number of likely N-dealkylation sites (tertiary alicyclic amines) is 2. The molecule has 3 fully saturated rings. The second kappa shape index (κ2) is 9.03. The molecular weight excluding hydrogens is 453 g/mol. The average Bonchev–Trinajstić information content (AvgIpc) is 3.59. The fourth-order valence-electron chi connectivity index (χ4n) is 5.00. The lowest BCUT2D eigenvalue weighted by atomic mass is 9.75. The van der Waals surface area contributed by atoms with Gasteiger partial charge in [0.2, 0.25) is 17.7 Å². The Morgan fingerprint density at radius 3 is 2.53 bits per heavy atom. The highest BCUT2D eigenvalue weighted by atomic mass is 19.4. The molecule has 0 aromatic heterocycles. The number of hydrogen-bond acceptors (Lipinski definition) is 5. The van der Waals surface area contributed by atoms with Crippen molar-refractivity contribution < 1.29 is 37.1 Å². The number of hydrogen-bond donors (Lipinski definition) is 0. The number of carbonyl (C=O) groups excluding carboxylic acids is 4. The van der Waals surface area contributed by atoms with Crippen molar-refractivity contribution >= 4 is 23.7 Å². The fourth-order valence-corrected chi connectivity index (χ4v) is 5.00. The van der Waals surface area contributed by atoms with Gasteiger partial charge in [0, 0.05) is 25.4 Å². The van der Waals surface area contributed by atoms with E-state index in [9.17, 15) is 32.3 Å². The Balaban J connectivity index is 1.71. The van der Waals surface area contributed by atoms with E-state index in [1.54, 1.807) is 6.92 Å². The third kappa shape index (κ3) is 4.42. The predicted molar refractivity (Wildman–Crippen MR) is 113 cm³/mol. The second-order valence-electron chi connectivity index (χ2n) is 9.17. The maximum absolute atomic E-state index is 13.6. The molecule has 3 aliphatic rings. The van der Waals surface area contributed by atoms with E-state index < -0.39 is 53.3 Å². The molecule has 0 radical (unpaired) electrons. The first kappa shape index (κ1) is 24.2. The Morgan fingerprint density at radius 2 is 1.88 bits per heavy atom. The van der Waals surface area contributed by atoms with Crippen LogP contribution < -0.4 is 0 Å². The second-order valence-corrected chi connectivity index (χ2v) is 9.17. The van der Waals surface area contributed by atoms with E-state index in [0.717, 1.165) is 23.5 Å². The average molecular weight is 480 g/mol. The molecule has 1 aliphatic carbocycles. The van der Waals surface area contributed by atoms with Gasteiger partial charge in [-0.25, -0.2) is 4.79 Å². The summed E-state index contributed by atoms with van der Waals surface area (Å²) in [5.41, 5.74) is -2.71. The Morgan fingerprint density at radius 1 is 1.15 bits per heavy atom. The van der Waals surface area contributed by atoms with Gasteiger partial charge in [0.25, 0.3) is 0 Å². The molecule has 2 atom stereocenters. The molecule has 34 heavy (non-hydrogen) atoms. The van der Waals surface area contributed by atoms with Gasteiger partial charge < -0.3 is 9.64 Å². The van der Waals surface area contributed by atoms with E-state index in [2.05, 4.69) is 0 Å². The Labute approximate surface area is 195 Å². The summed E-state index contributed by atoms with van der Waals surface area (Å²) in [6.07, 6.45) is -2.46. The molecule has 2 aliphatic heterocycles. The van der Waals surface area contributed by atoms with Crippen LogP contribution in [0.5, 0.6) is 0 Å². The fraction of sp³-hybridized carbons (Fsp3) is 0.583. The van der Waals surface area contributed by atoms with Crippen LogP contribution in [-0.4, -0.2) is 58.7 Å². The number of ether oxygens (including phenoxy) is 1. The smallest absolute Gasteiger partial charge is 0.416 e. The van der Waals surface area contributed by atoms with Gasteiger partial charge in [0.15, 0.2) is 0 Å². The minimum atomic E-state index is -4.65. The van der Waals surface area contributed by atoms with Crippen molar-refractivity contribution in [3.63, 3.8) is 0 Å². The molecule has 1 aromatic carbocycles. The van der Waals surface area contributed by atoms with E-state index in [1.807, 2.05) is 0 Å². The van der Waals surface area contributed by atoms with E-state index in [-0.39, 0.29) is 31.2 Å². The molecular formula is C24H27F3N2O5. The Kier molecular flexibility index (Phi) is 6.44. The van der Waals surface area contributed by atoms with Crippen LogP contribution in [0.15, 0.2) is 24.3 Å². The molecule has 3 amide bonds. The van der Waals surface area contributed by atoms with Crippen molar-refractivity contribution in [2.45, 2.75) is 75.5 Å². The van der Waals surface area contributed by atoms with Crippen LogP contribution in [0.4, 0.5) is 13.2 Å². The Bertz CT molecular complexity index is 1010. The highest BCUT2D eigenvalue weighted by Crippen LogP contribution is 2.45. The van der Waals surface area contributed by atoms with Crippen molar-refractivity contribution in [1.82, 2.24) is 9.80 Å². The molecule has 0 unspecified atom stereocenters. The SMILES string of the molecule is CCOC(=O)[C@@H]1CCCCN1C(=O)C[C@]1(c2cccc(C(F)(F)F)c2)CC(=O)N(C2CC2)C1=O. The zero-order chi connectivity index (χ0) is 24.7. The van der Waals surface area contributed by atoms with Crippen molar-refractivity contribution in [1.29, 1.82) is 0 Å². The zero-order valence-corrected chi connectivity index (χ0v) is 18.9. The first-order valence-electron chi connectivity index (χ1n) is 11.6. The molecule has 10 heteroatoms. The molecule has 2 heterocycles. The summed E-state index contributed by atoms with van der Waals surface area (Å²) in [7, 11) is 0. The normalized spacial score (nSPS) is 25.6. The number of amides is 3. The third-order valence-corrected chi connectivity index (χ3v) is 6.84. The number of rotatable bonds is 6. The molecule has 7 nitrogen and oxygen atoms in total. The minimum Gasteiger partial charge on any atom is -0.464 e. The number of nitrogens with zero attached hydrogens (tertiary/aromatic N) is 2. The van der Waals surface area contributed by atoms with Crippen molar-refractivity contribution in [2.24, 2.45) is 0 Å². The first-order valence-corrected chi connectivity index (χ1v) is 11.6. The lowest BCUT2D eigenvalue weighted by Crippen LogP contribution is -2.51. The standard InChI is InChI=1S/C24H27F3N2O5/c1-2-34-21(32)18-8-3-4-11-28(18)19(30)13-23(14-20(31)29(22(23)33)17-9-10-17)15-6-5-7-16(12-15)24(25,26)27/h5-7,12,17-18H,2-4,8-11,13-14H2,1H3/t18-,23+/m0/s1. The monoisotopic (exact) mass is 480 g/mol. The zero-order valence-electron chi connectivity index (χ0n) is 18.9. The summed E-state index contributed by atoms with van der Waals surface area (Å²) in [5.74, 6) is -2.22. The van der Waals surface area contributed by atoms with Crippen molar-refractivity contribution in [3.05, 3.63) is 35.4 Å². The van der Waals surface area contributed by atoms with Gasteiger partial charge in [-0.3, -0.25) is 19.3 Å². The number of carbonyl (C=O) groups is 4. The molecule has 184 valence electrons. The van der Waals surface area contributed by atoms with Crippen LogP contribution in [0, 0.1) is 0 Å². The number of alkyl halides is 3. The molecule has 0 spiro atoms. The van der Waals surface area contributed by atoms with Gasteiger partial charge in [0.1, 0.15) is 6.04 Å². The molecule has 0 N–H and O–H groups in total. The molecule has 1 saturated carbocycles. The van der Waals surface area contributed by atoms with Crippen LogP contribution >= 0.6 is 0 Å². The van der Waals surface area contributed by atoms with Crippen molar-refractivity contribution in [3.8, 4) is 0 Å². The van der Waals surface area contributed by atoms with Gasteiger partial charge in [-0.1, -0.05) is 18.2 Å². The van der Waals surface area contributed by atoms with Gasteiger partial charge in [-0.2, -0.15) is 13.2 Å². The van der Waals surface area contributed by atoms with Crippen LogP contribution in [0.3, 0.4) is 0 Å². The number of esters is 1. The van der Waals surface area contributed by atoms with E-state index in [0.29, 0.717) is 25.7 Å². The number of imide groups is 1. The topological polar surface area (TPSA) is 84.0 Å². The maximum atomic E-state index is 13.6. The molecule has 0 bridgehead atoms. The summed E-state index contributed by atoms with van der Waals surface area (Å²) in [5, 5.41) is 0. The van der Waals surface area contributed by atoms with E-state index in [4.69, 9.17) is 4.74 Å². The maximum Gasteiger partial charge on any atom is 0.416 e. The van der Waals surface area contributed by atoms with Gasteiger partial charge in [-0.05, 0) is 50.7 Å². The first-order chi connectivity index (χ1) is 16.1. The summed E-state index contributed by atoms with van der Waals surface area (Å²) >= 11 is 0. The number of piperidine rings is 1. The van der Waals surface area contributed by atoms with Crippen LogP contribution in [-0.2, 0) is 35.5 Å². The third-order valence-electron chi connectivity index (χ3n) is 6.84. The van der Waals surface area contributed by atoms with Crippen molar-refractivity contribution in [2.75, 3.05) is 13.2 Å². The van der Waals surface area contributed by atoms with E-state index >= 15 is 0 Å².